The fraction of sp³-hybridized carbons (Fsp3) is 0.321. The van der Waals surface area contributed by atoms with E-state index in [4.69, 9.17) is 9.47 Å². The van der Waals surface area contributed by atoms with E-state index in [-0.39, 0.29) is 11.7 Å². The molecule has 1 aliphatic rings. The van der Waals surface area contributed by atoms with E-state index in [0.29, 0.717) is 27.2 Å². The fourth-order valence-corrected chi connectivity index (χ4v) is 5.45. The minimum absolute atomic E-state index is 0.189. The van der Waals surface area contributed by atoms with Crippen molar-refractivity contribution in [1.82, 2.24) is 4.57 Å². The van der Waals surface area contributed by atoms with Crippen molar-refractivity contribution < 1.29 is 14.3 Å². The third-order valence-corrected chi connectivity index (χ3v) is 7.39. The van der Waals surface area contributed by atoms with Crippen LogP contribution in [0.2, 0.25) is 0 Å². The van der Waals surface area contributed by atoms with E-state index < -0.39 is 12.0 Å². The Balaban J connectivity index is 1.83. The van der Waals surface area contributed by atoms with Crippen molar-refractivity contribution in [3.63, 3.8) is 0 Å². The number of aromatic nitrogens is 1. The van der Waals surface area contributed by atoms with Crippen LogP contribution >= 0.6 is 23.1 Å². The summed E-state index contributed by atoms with van der Waals surface area (Å²) >= 11 is 2.96. The zero-order valence-electron chi connectivity index (χ0n) is 21.1. The average molecular weight is 523 g/mol. The highest BCUT2D eigenvalue weighted by Gasteiger charge is 2.33. The van der Waals surface area contributed by atoms with Gasteiger partial charge in [0.25, 0.3) is 5.56 Å². The number of hydrogen-bond donors (Lipinski definition) is 0. The van der Waals surface area contributed by atoms with Crippen molar-refractivity contribution in [2.75, 3.05) is 12.9 Å². The van der Waals surface area contributed by atoms with E-state index in [1.165, 1.54) is 11.3 Å². The zero-order chi connectivity index (χ0) is 25.8. The number of esters is 1. The van der Waals surface area contributed by atoms with E-state index in [9.17, 15) is 9.59 Å². The minimum Gasteiger partial charge on any atom is -0.494 e. The number of carbonyl (C=O) groups excluding carboxylic acids is 1. The van der Waals surface area contributed by atoms with Gasteiger partial charge in [-0.05, 0) is 74.9 Å². The summed E-state index contributed by atoms with van der Waals surface area (Å²) in [6.45, 7) is 8.14. The predicted molar refractivity (Wildman–Crippen MR) is 145 cm³/mol. The van der Waals surface area contributed by atoms with Crippen LogP contribution in [0.3, 0.4) is 0 Å². The molecule has 0 saturated carbocycles. The summed E-state index contributed by atoms with van der Waals surface area (Å²) in [5.74, 6) is 0.343. The van der Waals surface area contributed by atoms with Crippen LogP contribution in [0.25, 0.3) is 6.08 Å². The topological polar surface area (TPSA) is 69.9 Å². The summed E-state index contributed by atoms with van der Waals surface area (Å²) in [4.78, 5) is 33.2. The van der Waals surface area contributed by atoms with Gasteiger partial charge in [0, 0.05) is 4.90 Å². The number of carbonyl (C=O) groups is 1. The number of ether oxygens (including phenoxy) is 2. The summed E-state index contributed by atoms with van der Waals surface area (Å²) in [6.07, 6.45) is 4.52. The molecule has 6 nitrogen and oxygen atoms in total. The molecule has 0 spiro atoms. The van der Waals surface area contributed by atoms with E-state index in [1.54, 1.807) is 23.3 Å². The molecule has 0 radical (unpaired) electrons. The second-order valence-corrected chi connectivity index (χ2v) is 10.6. The normalized spacial score (nSPS) is 15.6. The van der Waals surface area contributed by atoms with Gasteiger partial charge in [0.15, 0.2) is 4.80 Å². The Hall–Kier alpha value is -3.10. The van der Waals surface area contributed by atoms with Crippen LogP contribution in [-0.2, 0) is 9.53 Å². The number of hydrogen-bond acceptors (Lipinski definition) is 7. The Labute approximate surface area is 219 Å². The van der Waals surface area contributed by atoms with E-state index in [1.807, 2.05) is 74.7 Å². The van der Waals surface area contributed by atoms with E-state index >= 15 is 0 Å². The molecule has 8 heteroatoms. The van der Waals surface area contributed by atoms with Gasteiger partial charge in [0.05, 0.1) is 34.6 Å². The molecule has 0 amide bonds. The number of benzene rings is 2. The molecule has 0 unspecified atom stereocenters. The molecular formula is C28H30N2O4S2. The van der Waals surface area contributed by atoms with E-state index in [0.717, 1.165) is 28.2 Å². The summed E-state index contributed by atoms with van der Waals surface area (Å²) < 4.78 is 13.4. The second-order valence-electron chi connectivity index (χ2n) is 8.73. The molecule has 1 aromatic heterocycles. The third-order valence-electron chi connectivity index (χ3n) is 5.67. The molecule has 2 aromatic carbocycles. The Morgan fingerprint density at radius 3 is 2.47 bits per heavy atom. The molecule has 0 saturated heterocycles. The van der Waals surface area contributed by atoms with Gasteiger partial charge >= 0.3 is 5.97 Å². The van der Waals surface area contributed by atoms with Crippen molar-refractivity contribution in [1.29, 1.82) is 0 Å². The van der Waals surface area contributed by atoms with Crippen LogP contribution in [0.1, 0.15) is 51.3 Å². The molecule has 0 fully saturated rings. The van der Waals surface area contributed by atoms with Crippen molar-refractivity contribution in [3.05, 3.63) is 90.6 Å². The first-order chi connectivity index (χ1) is 17.3. The molecular weight excluding hydrogens is 492 g/mol. The van der Waals surface area contributed by atoms with Crippen LogP contribution in [0.5, 0.6) is 5.75 Å². The van der Waals surface area contributed by atoms with Gasteiger partial charge < -0.3 is 9.47 Å². The second kappa shape index (κ2) is 11.3. The van der Waals surface area contributed by atoms with Gasteiger partial charge in [-0.25, -0.2) is 9.79 Å². The lowest BCUT2D eigenvalue weighted by Gasteiger charge is -2.25. The quantitative estimate of drug-likeness (QED) is 0.317. The first-order valence-electron chi connectivity index (χ1n) is 11.9. The molecule has 0 bridgehead atoms. The first-order valence-corrected chi connectivity index (χ1v) is 14.0. The van der Waals surface area contributed by atoms with Crippen molar-refractivity contribution in [3.8, 4) is 5.75 Å². The molecule has 0 aliphatic carbocycles. The van der Waals surface area contributed by atoms with Crippen LogP contribution in [-0.4, -0.2) is 29.5 Å². The smallest absolute Gasteiger partial charge is 0.338 e. The van der Waals surface area contributed by atoms with Gasteiger partial charge in [0.1, 0.15) is 5.75 Å². The number of thioether (sulfide) groups is 1. The van der Waals surface area contributed by atoms with Crippen LogP contribution in [0.4, 0.5) is 0 Å². The number of fused-ring (bicyclic) bond motifs is 1. The highest BCUT2D eigenvalue weighted by molar-refractivity contribution is 7.98. The van der Waals surface area contributed by atoms with Crippen molar-refractivity contribution in [2.24, 2.45) is 4.99 Å². The maximum absolute atomic E-state index is 13.7. The monoisotopic (exact) mass is 522 g/mol. The molecule has 36 heavy (non-hydrogen) atoms. The molecule has 4 rings (SSSR count). The first kappa shape index (κ1) is 26.0. The lowest BCUT2D eigenvalue weighted by molar-refractivity contribution is -0.143. The number of rotatable bonds is 8. The third kappa shape index (κ3) is 5.50. The molecule has 1 atom stereocenters. The molecule has 2 heterocycles. The summed E-state index contributed by atoms with van der Waals surface area (Å²) in [5.41, 5.74) is 2.48. The highest BCUT2D eigenvalue weighted by Crippen LogP contribution is 2.32. The predicted octanol–water partition coefficient (Wildman–Crippen LogP) is 4.70. The van der Waals surface area contributed by atoms with Crippen molar-refractivity contribution in [2.45, 2.75) is 51.2 Å². The fourth-order valence-electron chi connectivity index (χ4n) is 3.99. The molecule has 0 N–H and O–H groups in total. The maximum atomic E-state index is 13.7. The Morgan fingerprint density at radius 1 is 1.17 bits per heavy atom. The van der Waals surface area contributed by atoms with Crippen LogP contribution < -0.4 is 19.6 Å². The maximum Gasteiger partial charge on any atom is 0.338 e. The Morgan fingerprint density at radius 2 is 1.86 bits per heavy atom. The van der Waals surface area contributed by atoms with Crippen LogP contribution in [0, 0.1) is 0 Å². The van der Waals surface area contributed by atoms with Crippen molar-refractivity contribution >= 4 is 35.1 Å². The Bertz CT molecular complexity index is 1450. The highest BCUT2D eigenvalue weighted by atomic mass is 32.2. The standard InChI is InChI=1S/C28H30N2O4S2/c1-6-15-33-21-11-7-19(8-12-21)16-23-26(31)30-25(20-9-13-22(35-5)14-10-20)24(27(32)34-17(2)3)18(4)29-28(30)36-23/h7-14,16-17,25H,6,15H2,1-5H3/b23-16+/t25-/m1/s1. The molecule has 188 valence electrons. The van der Waals surface area contributed by atoms with Gasteiger partial charge in [0.2, 0.25) is 0 Å². The number of thiazole rings is 1. The lowest BCUT2D eigenvalue weighted by atomic mass is 9.96. The largest absolute Gasteiger partial charge is 0.494 e. The SMILES string of the molecule is CCCOc1ccc(/C=c2/sc3n(c2=O)[C@H](c2ccc(SC)cc2)C(C(=O)OC(C)C)=C(C)N=3)cc1. The molecule has 1 aliphatic heterocycles. The number of allylic oxidation sites excluding steroid dienone is 1. The summed E-state index contributed by atoms with van der Waals surface area (Å²) in [6, 6.07) is 15.0. The van der Waals surface area contributed by atoms with Gasteiger partial charge in [-0.15, -0.1) is 11.8 Å². The minimum atomic E-state index is -0.615. The summed E-state index contributed by atoms with van der Waals surface area (Å²) in [5, 5.41) is 0. The van der Waals surface area contributed by atoms with E-state index in [2.05, 4.69) is 11.9 Å². The van der Waals surface area contributed by atoms with Gasteiger partial charge in [-0.3, -0.25) is 9.36 Å². The van der Waals surface area contributed by atoms with Gasteiger partial charge in [-0.1, -0.05) is 42.5 Å². The zero-order valence-corrected chi connectivity index (χ0v) is 22.7. The molecule has 3 aromatic rings. The Kier molecular flexibility index (Phi) is 8.16. The number of nitrogens with zero attached hydrogens (tertiary/aromatic N) is 2. The summed E-state index contributed by atoms with van der Waals surface area (Å²) in [7, 11) is 0. The lowest BCUT2D eigenvalue weighted by Crippen LogP contribution is -2.40. The van der Waals surface area contributed by atoms with Crippen LogP contribution in [0.15, 0.2) is 74.5 Å². The average Bonchev–Trinajstić information content (AvgIpc) is 3.16. The van der Waals surface area contributed by atoms with Gasteiger partial charge in [-0.2, -0.15) is 0 Å².